The number of hydrogen-bond donors (Lipinski definition) is 1. The number of halogens is 1. The lowest BCUT2D eigenvalue weighted by molar-refractivity contribution is 0.192. The van der Waals surface area contributed by atoms with Crippen LogP contribution in [0.5, 0.6) is 0 Å². The van der Waals surface area contributed by atoms with E-state index in [1.165, 1.54) is 37.8 Å². The highest BCUT2D eigenvalue weighted by Gasteiger charge is 2.32. The molecule has 1 atom stereocenters. The van der Waals surface area contributed by atoms with Gasteiger partial charge in [0, 0.05) is 24.3 Å². The SMILES string of the molecule is CCC1(CC)CCN(c2ccc(F)cc2[C@H](C)O)CC1. The monoisotopic (exact) mass is 279 g/mol. The molecule has 1 aliphatic rings. The zero-order valence-corrected chi connectivity index (χ0v) is 12.8. The molecule has 0 amide bonds. The number of aliphatic hydroxyl groups is 1. The normalized spacial score (nSPS) is 19.9. The summed E-state index contributed by atoms with van der Waals surface area (Å²) in [6.45, 7) is 8.24. The van der Waals surface area contributed by atoms with Gasteiger partial charge in [-0.2, -0.15) is 0 Å². The molecule has 0 unspecified atom stereocenters. The van der Waals surface area contributed by atoms with Gasteiger partial charge in [-0.1, -0.05) is 26.7 Å². The zero-order valence-electron chi connectivity index (χ0n) is 12.8. The Morgan fingerprint density at radius 1 is 1.25 bits per heavy atom. The third-order valence-corrected chi connectivity index (χ3v) is 5.10. The molecule has 1 aliphatic heterocycles. The van der Waals surface area contributed by atoms with Crippen LogP contribution in [0.1, 0.15) is 58.1 Å². The van der Waals surface area contributed by atoms with Crippen molar-refractivity contribution in [3.8, 4) is 0 Å². The molecule has 1 aromatic carbocycles. The number of piperidine rings is 1. The van der Waals surface area contributed by atoms with E-state index in [0.717, 1.165) is 18.8 Å². The molecule has 1 fully saturated rings. The van der Waals surface area contributed by atoms with Gasteiger partial charge in [0.15, 0.2) is 0 Å². The highest BCUT2D eigenvalue weighted by Crippen LogP contribution is 2.40. The minimum absolute atomic E-state index is 0.280. The molecular formula is C17H26FNO. The number of anilines is 1. The zero-order chi connectivity index (χ0) is 14.8. The third-order valence-electron chi connectivity index (χ3n) is 5.10. The predicted octanol–water partition coefficient (Wildman–Crippen LogP) is 4.29. The average Bonchev–Trinajstić information content (AvgIpc) is 2.47. The van der Waals surface area contributed by atoms with Gasteiger partial charge < -0.3 is 10.0 Å². The Labute approximate surface area is 121 Å². The standard InChI is InChI=1S/C17H26FNO/c1-4-17(5-2)8-10-19(11-9-17)16-7-6-14(18)12-15(16)13(3)20/h6-7,12-13,20H,4-5,8-11H2,1-3H3/t13-/m0/s1. The van der Waals surface area contributed by atoms with Crippen LogP contribution in [0.4, 0.5) is 10.1 Å². The van der Waals surface area contributed by atoms with Crippen molar-refractivity contribution >= 4 is 5.69 Å². The molecule has 1 aromatic rings. The lowest BCUT2D eigenvalue weighted by Crippen LogP contribution is -2.40. The minimum Gasteiger partial charge on any atom is -0.389 e. The first-order valence-corrected chi connectivity index (χ1v) is 7.74. The van der Waals surface area contributed by atoms with Crippen molar-refractivity contribution in [2.75, 3.05) is 18.0 Å². The van der Waals surface area contributed by atoms with Crippen LogP contribution in [0.2, 0.25) is 0 Å². The Bertz CT molecular complexity index is 444. The predicted molar refractivity (Wildman–Crippen MR) is 81.5 cm³/mol. The average molecular weight is 279 g/mol. The summed E-state index contributed by atoms with van der Waals surface area (Å²) in [5, 5.41) is 9.86. The van der Waals surface area contributed by atoms with E-state index in [4.69, 9.17) is 0 Å². The van der Waals surface area contributed by atoms with Crippen molar-refractivity contribution in [1.82, 2.24) is 0 Å². The van der Waals surface area contributed by atoms with Crippen molar-refractivity contribution in [2.45, 2.75) is 52.6 Å². The molecule has 112 valence electrons. The molecule has 0 spiro atoms. The number of hydrogen-bond acceptors (Lipinski definition) is 2. The summed E-state index contributed by atoms with van der Waals surface area (Å²) in [4.78, 5) is 2.30. The highest BCUT2D eigenvalue weighted by molar-refractivity contribution is 5.55. The molecule has 2 rings (SSSR count). The number of aliphatic hydroxyl groups excluding tert-OH is 1. The molecule has 0 radical (unpaired) electrons. The first kappa shape index (κ1) is 15.3. The van der Waals surface area contributed by atoms with Gasteiger partial charge in [0.2, 0.25) is 0 Å². The van der Waals surface area contributed by atoms with Gasteiger partial charge in [0.1, 0.15) is 5.82 Å². The van der Waals surface area contributed by atoms with Crippen molar-refractivity contribution in [3.63, 3.8) is 0 Å². The molecule has 0 saturated carbocycles. The van der Waals surface area contributed by atoms with Gasteiger partial charge in [0.25, 0.3) is 0 Å². The fraction of sp³-hybridized carbons (Fsp3) is 0.647. The Balaban J connectivity index is 2.18. The Kier molecular flexibility index (Phi) is 4.69. The summed E-state index contributed by atoms with van der Waals surface area (Å²) in [7, 11) is 0. The van der Waals surface area contributed by atoms with Crippen LogP contribution < -0.4 is 4.90 Å². The summed E-state index contributed by atoms with van der Waals surface area (Å²) in [6, 6.07) is 4.76. The quantitative estimate of drug-likeness (QED) is 0.889. The number of rotatable bonds is 4. The van der Waals surface area contributed by atoms with E-state index in [1.807, 2.05) is 6.07 Å². The summed E-state index contributed by atoms with van der Waals surface area (Å²) in [6.07, 6.45) is 4.17. The molecule has 0 bridgehead atoms. The molecular weight excluding hydrogens is 253 g/mol. The van der Waals surface area contributed by atoms with Crippen molar-refractivity contribution in [3.05, 3.63) is 29.6 Å². The van der Waals surface area contributed by atoms with E-state index < -0.39 is 6.10 Å². The van der Waals surface area contributed by atoms with E-state index in [2.05, 4.69) is 18.7 Å². The maximum absolute atomic E-state index is 13.4. The van der Waals surface area contributed by atoms with Gasteiger partial charge in [-0.15, -0.1) is 0 Å². The van der Waals surface area contributed by atoms with Gasteiger partial charge in [-0.25, -0.2) is 4.39 Å². The Morgan fingerprint density at radius 2 is 1.85 bits per heavy atom. The number of benzene rings is 1. The Morgan fingerprint density at radius 3 is 2.35 bits per heavy atom. The van der Waals surface area contributed by atoms with Crippen molar-refractivity contribution < 1.29 is 9.50 Å². The van der Waals surface area contributed by atoms with Crippen molar-refractivity contribution in [2.24, 2.45) is 5.41 Å². The second kappa shape index (κ2) is 6.13. The fourth-order valence-corrected chi connectivity index (χ4v) is 3.33. The molecule has 1 heterocycles. The molecule has 20 heavy (non-hydrogen) atoms. The van der Waals surface area contributed by atoms with Crippen molar-refractivity contribution in [1.29, 1.82) is 0 Å². The van der Waals surface area contributed by atoms with Gasteiger partial charge >= 0.3 is 0 Å². The lowest BCUT2D eigenvalue weighted by Gasteiger charge is -2.42. The van der Waals surface area contributed by atoms with Crippen LogP contribution in [0.3, 0.4) is 0 Å². The smallest absolute Gasteiger partial charge is 0.123 e. The second-order valence-electron chi connectivity index (χ2n) is 6.07. The maximum atomic E-state index is 13.4. The second-order valence-corrected chi connectivity index (χ2v) is 6.07. The molecule has 0 aromatic heterocycles. The first-order valence-electron chi connectivity index (χ1n) is 7.74. The molecule has 3 heteroatoms. The summed E-state index contributed by atoms with van der Waals surface area (Å²) in [5.74, 6) is -0.280. The largest absolute Gasteiger partial charge is 0.389 e. The van der Waals surface area contributed by atoms with E-state index >= 15 is 0 Å². The van der Waals surface area contributed by atoms with E-state index in [-0.39, 0.29) is 5.82 Å². The van der Waals surface area contributed by atoms with Gasteiger partial charge in [0.05, 0.1) is 6.10 Å². The molecule has 1 saturated heterocycles. The summed E-state index contributed by atoms with van der Waals surface area (Å²) < 4.78 is 13.4. The van der Waals surface area contributed by atoms with Crippen LogP contribution in [-0.4, -0.2) is 18.2 Å². The van der Waals surface area contributed by atoms with Crippen LogP contribution in [0.15, 0.2) is 18.2 Å². The lowest BCUT2D eigenvalue weighted by atomic mass is 9.74. The summed E-state index contributed by atoms with van der Waals surface area (Å²) >= 11 is 0. The molecule has 1 N–H and O–H groups in total. The number of nitrogens with zero attached hydrogens (tertiary/aromatic N) is 1. The molecule has 0 aliphatic carbocycles. The topological polar surface area (TPSA) is 23.5 Å². The Hall–Kier alpha value is -1.09. The third kappa shape index (κ3) is 2.98. The van der Waals surface area contributed by atoms with Gasteiger partial charge in [-0.05, 0) is 43.4 Å². The van der Waals surface area contributed by atoms with E-state index in [1.54, 1.807) is 6.92 Å². The van der Waals surface area contributed by atoms with Crippen LogP contribution >= 0.6 is 0 Å². The van der Waals surface area contributed by atoms with E-state index in [0.29, 0.717) is 11.0 Å². The van der Waals surface area contributed by atoms with Gasteiger partial charge in [-0.3, -0.25) is 0 Å². The summed E-state index contributed by atoms with van der Waals surface area (Å²) in [5.41, 5.74) is 2.16. The first-order chi connectivity index (χ1) is 9.51. The van der Waals surface area contributed by atoms with Crippen LogP contribution in [-0.2, 0) is 0 Å². The van der Waals surface area contributed by atoms with E-state index in [9.17, 15) is 9.50 Å². The van der Waals surface area contributed by atoms with Crippen LogP contribution in [0.25, 0.3) is 0 Å². The minimum atomic E-state index is -0.635. The highest BCUT2D eigenvalue weighted by atomic mass is 19.1. The maximum Gasteiger partial charge on any atom is 0.123 e. The van der Waals surface area contributed by atoms with Crippen LogP contribution in [0, 0.1) is 11.2 Å². The fourth-order valence-electron chi connectivity index (χ4n) is 3.33. The molecule has 2 nitrogen and oxygen atoms in total.